The molecule has 0 saturated carbocycles. The normalized spacial score (nSPS) is 10.6. The Bertz CT molecular complexity index is 728. The van der Waals surface area contributed by atoms with Crippen LogP contribution in [0.15, 0.2) is 41.5 Å². The predicted octanol–water partition coefficient (Wildman–Crippen LogP) is 1.58. The van der Waals surface area contributed by atoms with Crippen LogP contribution in [-0.2, 0) is 0 Å². The molecule has 0 spiro atoms. The third-order valence-electron chi connectivity index (χ3n) is 2.82. The first-order valence-corrected chi connectivity index (χ1v) is 6.23. The van der Waals surface area contributed by atoms with Crippen molar-refractivity contribution in [2.75, 3.05) is 7.11 Å². The molecule has 7 heteroatoms. The molecule has 2 aromatic rings. The van der Waals surface area contributed by atoms with E-state index in [2.05, 4.69) is 10.5 Å². The molecule has 0 aliphatic rings. The van der Waals surface area contributed by atoms with Gasteiger partial charge in [-0.25, -0.2) is 5.43 Å². The minimum absolute atomic E-state index is 0.0335. The number of hydrogen-bond donors (Lipinski definition) is 4. The van der Waals surface area contributed by atoms with E-state index in [1.54, 1.807) is 0 Å². The van der Waals surface area contributed by atoms with Gasteiger partial charge < -0.3 is 20.1 Å². The molecule has 7 nitrogen and oxygen atoms in total. The van der Waals surface area contributed by atoms with Gasteiger partial charge in [-0.1, -0.05) is 0 Å². The number of hydrogen-bond acceptors (Lipinski definition) is 6. The molecule has 0 saturated heterocycles. The van der Waals surface area contributed by atoms with Gasteiger partial charge in [-0.3, -0.25) is 4.79 Å². The Morgan fingerprint density at radius 2 is 1.86 bits per heavy atom. The van der Waals surface area contributed by atoms with Crippen LogP contribution in [0.2, 0.25) is 0 Å². The molecule has 0 fully saturated rings. The number of phenolic OH excluding ortho intramolecular Hbond substituents is 3. The molecular formula is C15H14N2O5. The number of benzene rings is 2. The zero-order valence-electron chi connectivity index (χ0n) is 11.6. The molecule has 2 rings (SSSR count). The number of phenols is 3. The van der Waals surface area contributed by atoms with Crippen LogP contribution >= 0.6 is 0 Å². The summed E-state index contributed by atoms with van der Waals surface area (Å²) in [7, 11) is 1.37. The summed E-state index contributed by atoms with van der Waals surface area (Å²) in [5.41, 5.74) is 2.76. The SMILES string of the molecule is COc1cc(C(=O)N/N=C\c2cc(O)ccc2O)ccc1O. The van der Waals surface area contributed by atoms with Gasteiger partial charge in [-0.2, -0.15) is 5.10 Å². The summed E-state index contributed by atoms with van der Waals surface area (Å²) in [5, 5.41) is 32.0. The zero-order chi connectivity index (χ0) is 16.1. The van der Waals surface area contributed by atoms with Crippen molar-refractivity contribution in [2.24, 2.45) is 5.10 Å². The third kappa shape index (κ3) is 3.45. The van der Waals surface area contributed by atoms with Crippen LogP contribution in [0.5, 0.6) is 23.0 Å². The standard InChI is InChI=1S/C15H14N2O5/c1-22-14-7-9(2-4-13(14)20)15(21)17-16-8-10-6-11(18)3-5-12(10)19/h2-8,18-20H,1H3,(H,17,21)/b16-8-. The second kappa shape index (κ2) is 6.49. The van der Waals surface area contributed by atoms with Crippen LogP contribution in [0.3, 0.4) is 0 Å². The lowest BCUT2D eigenvalue weighted by Gasteiger charge is -2.05. The smallest absolute Gasteiger partial charge is 0.271 e. The van der Waals surface area contributed by atoms with E-state index in [4.69, 9.17) is 4.74 Å². The quantitative estimate of drug-likeness (QED) is 0.389. The van der Waals surface area contributed by atoms with Crippen molar-refractivity contribution in [1.29, 1.82) is 0 Å². The molecule has 114 valence electrons. The van der Waals surface area contributed by atoms with E-state index in [1.165, 1.54) is 49.7 Å². The number of amides is 1. The van der Waals surface area contributed by atoms with Crippen molar-refractivity contribution < 1.29 is 24.9 Å². The van der Waals surface area contributed by atoms with Crippen molar-refractivity contribution >= 4 is 12.1 Å². The highest BCUT2D eigenvalue weighted by molar-refractivity contribution is 5.95. The highest BCUT2D eigenvalue weighted by Crippen LogP contribution is 2.26. The van der Waals surface area contributed by atoms with Crippen molar-refractivity contribution in [3.63, 3.8) is 0 Å². The Morgan fingerprint density at radius 1 is 1.14 bits per heavy atom. The second-order valence-corrected chi connectivity index (χ2v) is 4.33. The third-order valence-corrected chi connectivity index (χ3v) is 2.82. The van der Waals surface area contributed by atoms with Crippen LogP contribution < -0.4 is 10.2 Å². The monoisotopic (exact) mass is 302 g/mol. The van der Waals surface area contributed by atoms with Gasteiger partial charge in [0.05, 0.1) is 13.3 Å². The van der Waals surface area contributed by atoms with E-state index in [9.17, 15) is 20.1 Å². The number of methoxy groups -OCH3 is 1. The van der Waals surface area contributed by atoms with Gasteiger partial charge in [0.2, 0.25) is 0 Å². The minimum atomic E-state index is -0.519. The fourth-order valence-electron chi connectivity index (χ4n) is 1.69. The van der Waals surface area contributed by atoms with Crippen LogP contribution in [0.1, 0.15) is 15.9 Å². The minimum Gasteiger partial charge on any atom is -0.508 e. The Kier molecular flexibility index (Phi) is 4.47. The fraction of sp³-hybridized carbons (Fsp3) is 0.0667. The number of carbonyl (C=O) groups is 1. The molecule has 0 aliphatic heterocycles. The van der Waals surface area contributed by atoms with Gasteiger partial charge in [-0.05, 0) is 36.4 Å². The van der Waals surface area contributed by atoms with E-state index in [0.717, 1.165) is 0 Å². The van der Waals surface area contributed by atoms with Crippen molar-refractivity contribution in [2.45, 2.75) is 0 Å². The first-order valence-electron chi connectivity index (χ1n) is 6.23. The number of nitrogens with zero attached hydrogens (tertiary/aromatic N) is 1. The van der Waals surface area contributed by atoms with E-state index < -0.39 is 5.91 Å². The molecule has 1 amide bonds. The highest BCUT2D eigenvalue weighted by atomic mass is 16.5. The summed E-state index contributed by atoms with van der Waals surface area (Å²) >= 11 is 0. The van der Waals surface area contributed by atoms with Crippen LogP contribution in [0, 0.1) is 0 Å². The second-order valence-electron chi connectivity index (χ2n) is 4.33. The molecule has 22 heavy (non-hydrogen) atoms. The predicted molar refractivity (Wildman–Crippen MR) is 79.5 cm³/mol. The summed E-state index contributed by atoms with van der Waals surface area (Å²) in [6, 6.07) is 8.05. The zero-order valence-corrected chi connectivity index (χ0v) is 11.6. The van der Waals surface area contributed by atoms with Gasteiger partial charge in [0.1, 0.15) is 11.5 Å². The molecular weight excluding hydrogens is 288 g/mol. The molecule has 4 N–H and O–H groups in total. The number of ether oxygens (including phenoxy) is 1. The number of carbonyl (C=O) groups excluding carboxylic acids is 1. The maximum atomic E-state index is 11.9. The average molecular weight is 302 g/mol. The lowest BCUT2D eigenvalue weighted by atomic mass is 10.2. The topological polar surface area (TPSA) is 111 Å². The summed E-state index contributed by atoms with van der Waals surface area (Å²) in [6.07, 6.45) is 1.20. The summed E-state index contributed by atoms with van der Waals surface area (Å²) in [4.78, 5) is 11.9. The molecule has 0 atom stereocenters. The average Bonchev–Trinajstić information content (AvgIpc) is 2.51. The Balaban J connectivity index is 2.09. The van der Waals surface area contributed by atoms with Crippen molar-refractivity contribution in [3.05, 3.63) is 47.5 Å². The van der Waals surface area contributed by atoms with E-state index >= 15 is 0 Å². The van der Waals surface area contributed by atoms with E-state index in [1.807, 2.05) is 0 Å². The van der Waals surface area contributed by atoms with Crippen molar-refractivity contribution in [1.82, 2.24) is 5.43 Å². The molecule has 0 unspecified atom stereocenters. The fourth-order valence-corrected chi connectivity index (χ4v) is 1.69. The van der Waals surface area contributed by atoms with E-state index in [0.29, 0.717) is 0 Å². The Morgan fingerprint density at radius 3 is 2.59 bits per heavy atom. The van der Waals surface area contributed by atoms with E-state index in [-0.39, 0.29) is 34.1 Å². The molecule has 0 heterocycles. The number of rotatable bonds is 4. The lowest BCUT2D eigenvalue weighted by Crippen LogP contribution is -2.17. The highest BCUT2D eigenvalue weighted by Gasteiger charge is 2.09. The van der Waals surface area contributed by atoms with Gasteiger partial charge in [0.15, 0.2) is 11.5 Å². The maximum Gasteiger partial charge on any atom is 0.271 e. The largest absolute Gasteiger partial charge is 0.508 e. The molecule has 0 aliphatic carbocycles. The molecule has 2 aromatic carbocycles. The van der Waals surface area contributed by atoms with Gasteiger partial charge in [-0.15, -0.1) is 0 Å². The Labute approximate surface area is 126 Å². The number of nitrogens with one attached hydrogen (secondary N) is 1. The van der Waals surface area contributed by atoms with Gasteiger partial charge >= 0.3 is 0 Å². The number of hydrazone groups is 1. The molecule has 0 bridgehead atoms. The first-order chi connectivity index (χ1) is 10.5. The molecule has 0 radical (unpaired) electrons. The van der Waals surface area contributed by atoms with Crippen molar-refractivity contribution in [3.8, 4) is 23.0 Å². The summed E-state index contributed by atoms with van der Waals surface area (Å²) < 4.78 is 4.91. The maximum absolute atomic E-state index is 11.9. The number of aromatic hydroxyl groups is 3. The molecule has 0 aromatic heterocycles. The van der Waals surface area contributed by atoms with Crippen LogP contribution in [0.25, 0.3) is 0 Å². The first kappa shape index (κ1) is 15.2. The lowest BCUT2D eigenvalue weighted by molar-refractivity contribution is 0.0954. The summed E-state index contributed by atoms with van der Waals surface area (Å²) in [6.45, 7) is 0. The van der Waals surface area contributed by atoms with Gasteiger partial charge in [0.25, 0.3) is 5.91 Å². The van der Waals surface area contributed by atoms with Gasteiger partial charge in [0, 0.05) is 11.1 Å². The van der Waals surface area contributed by atoms with Crippen LogP contribution in [-0.4, -0.2) is 34.6 Å². The van der Waals surface area contributed by atoms with Crippen LogP contribution in [0.4, 0.5) is 0 Å². The summed E-state index contributed by atoms with van der Waals surface area (Å²) in [5.74, 6) is -0.542. The Hall–Kier alpha value is -3.22.